The summed E-state index contributed by atoms with van der Waals surface area (Å²) in [5.74, 6) is -0.660. The standard InChI is InChI=1S/C24H21N5O4/c1-29-21(16-6-7-18-17(10-16)11-20(27-18)23-25-8-9-33-23)12-19(28-29)22(30)26-13-14-2-4-15(5-3-14)24(31)32/h2-7,10-12,27H,8-9,13H2,1H3,(H,26,30)(H,31,32). The van der Waals surface area contributed by atoms with Crippen LogP contribution in [0.4, 0.5) is 0 Å². The third kappa shape index (κ3) is 4.08. The van der Waals surface area contributed by atoms with E-state index in [1.54, 1.807) is 29.9 Å². The summed E-state index contributed by atoms with van der Waals surface area (Å²) < 4.78 is 7.21. The van der Waals surface area contributed by atoms with Crippen LogP contribution in [0.5, 0.6) is 0 Å². The summed E-state index contributed by atoms with van der Waals surface area (Å²) in [6, 6.07) is 16.1. The summed E-state index contributed by atoms with van der Waals surface area (Å²) in [7, 11) is 1.80. The van der Waals surface area contributed by atoms with E-state index in [-0.39, 0.29) is 18.0 Å². The average Bonchev–Trinajstić information content (AvgIpc) is 3.56. The van der Waals surface area contributed by atoms with Crippen molar-refractivity contribution in [2.24, 2.45) is 12.0 Å². The lowest BCUT2D eigenvalue weighted by atomic mass is 10.1. The average molecular weight is 443 g/mol. The molecule has 0 atom stereocenters. The zero-order valence-corrected chi connectivity index (χ0v) is 17.8. The molecule has 0 aliphatic carbocycles. The van der Waals surface area contributed by atoms with Crippen molar-refractivity contribution in [3.05, 3.63) is 77.1 Å². The highest BCUT2D eigenvalue weighted by Gasteiger charge is 2.16. The minimum atomic E-state index is -0.985. The number of nitrogens with one attached hydrogen (secondary N) is 2. The van der Waals surface area contributed by atoms with Crippen LogP contribution in [-0.2, 0) is 18.3 Å². The first kappa shape index (κ1) is 20.5. The van der Waals surface area contributed by atoms with Crippen LogP contribution in [0, 0.1) is 0 Å². The summed E-state index contributed by atoms with van der Waals surface area (Å²) in [5.41, 5.74) is 4.87. The van der Waals surface area contributed by atoms with Gasteiger partial charge < -0.3 is 20.1 Å². The van der Waals surface area contributed by atoms with Gasteiger partial charge in [-0.2, -0.15) is 5.10 Å². The van der Waals surface area contributed by atoms with Gasteiger partial charge in [-0.3, -0.25) is 9.48 Å². The van der Waals surface area contributed by atoms with Gasteiger partial charge in [-0.1, -0.05) is 18.2 Å². The number of nitrogens with zero attached hydrogens (tertiary/aromatic N) is 3. The molecule has 33 heavy (non-hydrogen) atoms. The smallest absolute Gasteiger partial charge is 0.335 e. The maximum atomic E-state index is 12.6. The topological polar surface area (TPSA) is 122 Å². The molecule has 3 N–H and O–H groups in total. The molecule has 0 bridgehead atoms. The highest BCUT2D eigenvalue weighted by atomic mass is 16.5. The van der Waals surface area contributed by atoms with Crippen molar-refractivity contribution in [3.8, 4) is 11.3 Å². The number of carbonyl (C=O) groups excluding carboxylic acids is 1. The van der Waals surface area contributed by atoms with Gasteiger partial charge in [0.2, 0.25) is 5.90 Å². The number of carbonyl (C=O) groups is 2. The largest absolute Gasteiger partial charge is 0.478 e. The Kier molecular flexibility index (Phi) is 5.14. The molecule has 1 aliphatic heterocycles. The van der Waals surface area contributed by atoms with Gasteiger partial charge in [0.05, 0.1) is 17.8 Å². The number of aliphatic imine (C=N–C) groups is 1. The van der Waals surface area contributed by atoms with E-state index in [1.165, 1.54) is 12.1 Å². The number of amides is 1. The van der Waals surface area contributed by atoms with E-state index in [4.69, 9.17) is 9.84 Å². The zero-order valence-electron chi connectivity index (χ0n) is 17.8. The quantitative estimate of drug-likeness (QED) is 0.423. The Labute approximate surface area is 188 Å². The number of hydrogen-bond acceptors (Lipinski definition) is 5. The van der Waals surface area contributed by atoms with Crippen LogP contribution < -0.4 is 5.32 Å². The number of H-pyrrole nitrogens is 1. The summed E-state index contributed by atoms with van der Waals surface area (Å²) in [6.45, 7) is 1.54. The molecule has 1 aliphatic rings. The lowest BCUT2D eigenvalue weighted by Crippen LogP contribution is -2.23. The van der Waals surface area contributed by atoms with Crippen LogP contribution in [0.2, 0.25) is 0 Å². The first-order valence-corrected chi connectivity index (χ1v) is 10.4. The van der Waals surface area contributed by atoms with Crippen LogP contribution in [0.1, 0.15) is 32.1 Å². The van der Waals surface area contributed by atoms with Gasteiger partial charge in [-0.25, -0.2) is 9.79 Å². The monoisotopic (exact) mass is 443 g/mol. The Balaban J connectivity index is 1.32. The molecule has 3 heterocycles. The number of aromatic amines is 1. The van der Waals surface area contributed by atoms with Gasteiger partial charge in [0.1, 0.15) is 12.3 Å². The third-order valence-corrected chi connectivity index (χ3v) is 5.50. The van der Waals surface area contributed by atoms with Crippen molar-refractivity contribution in [1.29, 1.82) is 0 Å². The normalized spacial score (nSPS) is 13.1. The fourth-order valence-electron chi connectivity index (χ4n) is 3.79. The van der Waals surface area contributed by atoms with Gasteiger partial charge in [0.15, 0.2) is 5.69 Å². The van der Waals surface area contributed by atoms with E-state index in [2.05, 4.69) is 20.4 Å². The Bertz CT molecular complexity index is 1400. The van der Waals surface area contributed by atoms with Gasteiger partial charge in [0.25, 0.3) is 5.91 Å². The number of benzene rings is 2. The molecule has 4 aromatic rings. The highest BCUT2D eigenvalue weighted by Crippen LogP contribution is 2.26. The van der Waals surface area contributed by atoms with Gasteiger partial charge >= 0.3 is 5.97 Å². The molecular formula is C24H21N5O4. The molecule has 0 spiro atoms. The summed E-state index contributed by atoms with van der Waals surface area (Å²) in [5, 5.41) is 17.2. The fourth-order valence-corrected chi connectivity index (χ4v) is 3.79. The Hall–Kier alpha value is -4.40. The number of carboxylic acids is 1. The lowest BCUT2D eigenvalue weighted by Gasteiger charge is -2.04. The summed E-state index contributed by atoms with van der Waals surface area (Å²) in [4.78, 5) is 31.3. The second-order valence-corrected chi connectivity index (χ2v) is 7.74. The molecule has 2 aromatic carbocycles. The Morgan fingerprint density at radius 3 is 2.70 bits per heavy atom. The minimum absolute atomic E-state index is 0.203. The minimum Gasteiger partial charge on any atom is -0.478 e. The van der Waals surface area contributed by atoms with Gasteiger partial charge in [-0.15, -0.1) is 0 Å². The molecule has 1 amide bonds. The number of fused-ring (bicyclic) bond motifs is 1. The van der Waals surface area contributed by atoms with Crippen molar-refractivity contribution in [3.63, 3.8) is 0 Å². The maximum absolute atomic E-state index is 12.6. The lowest BCUT2D eigenvalue weighted by molar-refractivity contribution is 0.0696. The number of aryl methyl sites for hydroxylation is 1. The van der Waals surface area contributed by atoms with E-state index >= 15 is 0 Å². The number of rotatable bonds is 6. The van der Waals surface area contributed by atoms with E-state index in [1.807, 2.05) is 24.3 Å². The molecule has 166 valence electrons. The number of ether oxygens (including phenoxy) is 1. The second-order valence-electron chi connectivity index (χ2n) is 7.74. The molecule has 0 saturated heterocycles. The summed E-state index contributed by atoms with van der Waals surface area (Å²) >= 11 is 0. The molecule has 9 heteroatoms. The SMILES string of the molecule is Cn1nc(C(=O)NCc2ccc(C(=O)O)cc2)cc1-c1ccc2[nH]c(C3=NCCO3)cc2c1. The van der Waals surface area contributed by atoms with E-state index in [0.29, 0.717) is 24.7 Å². The number of aromatic carboxylic acids is 1. The fraction of sp³-hybridized carbons (Fsp3) is 0.167. The van der Waals surface area contributed by atoms with Crippen molar-refractivity contribution >= 4 is 28.7 Å². The van der Waals surface area contributed by atoms with Crippen molar-refractivity contribution < 1.29 is 19.4 Å². The Morgan fingerprint density at radius 1 is 1.15 bits per heavy atom. The van der Waals surface area contributed by atoms with E-state index in [9.17, 15) is 9.59 Å². The molecule has 0 saturated carbocycles. The third-order valence-electron chi connectivity index (χ3n) is 5.50. The second kappa shape index (κ2) is 8.27. The summed E-state index contributed by atoms with van der Waals surface area (Å²) in [6.07, 6.45) is 0. The highest BCUT2D eigenvalue weighted by molar-refractivity contribution is 5.99. The molecular weight excluding hydrogens is 422 g/mol. The molecule has 9 nitrogen and oxygen atoms in total. The van der Waals surface area contributed by atoms with Crippen molar-refractivity contribution in [1.82, 2.24) is 20.1 Å². The van der Waals surface area contributed by atoms with Crippen LogP contribution in [0.25, 0.3) is 22.2 Å². The van der Waals surface area contributed by atoms with Crippen LogP contribution in [0.3, 0.4) is 0 Å². The van der Waals surface area contributed by atoms with Gasteiger partial charge in [0, 0.05) is 30.1 Å². The van der Waals surface area contributed by atoms with Crippen LogP contribution in [-0.4, -0.2) is 50.8 Å². The maximum Gasteiger partial charge on any atom is 0.335 e. The molecule has 0 unspecified atom stereocenters. The molecule has 0 fully saturated rings. The zero-order chi connectivity index (χ0) is 22.9. The predicted octanol–water partition coefficient (Wildman–Crippen LogP) is 2.97. The van der Waals surface area contributed by atoms with E-state index < -0.39 is 5.97 Å². The Morgan fingerprint density at radius 2 is 1.97 bits per heavy atom. The van der Waals surface area contributed by atoms with Crippen LogP contribution in [0.15, 0.2) is 59.6 Å². The number of hydrogen-bond donors (Lipinski definition) is 3. The number of carboxylic acid groups (broad SMARTS) is 1. The first-order valence-electron chi connectivity index (χ1n) is 10.4. The van der Waals surface area contributed by atoms with Gasteiger partial charge in [-0.05, 0) is 42.0 Å². The molecule has 0 radical (unpaired) electrons. The van der Waals surface area contributed by atoms with Crippen molar-refractivity contribution in [2.75, 3.05) is 13.2 Å². The van der Waals surface area contributed by atoms with Crippen LogP contribution >= 0.6 is 0 Å². The first-order chi connectivity index (χ1) is 16.0. The molecule has 5 rings (SSSR count). The van der Waals surface area contributed by atoms with Crippen molar-refractivity contribution in [2.45, 2.75) is 6.54 Å². The predicted molar refractivity (Wildman–Crippen MR) is 122 cm³/mol. The van der Waals surface area contributed by atoms with E-state index in [0.717, 1.165) is 33.4 Å². The number of aromatic nitrogens is 3. The molecule has 2 aromatic heterocycles.